The molecule has 1 aromatic carbocycles. The Labute approximate surface area is 181 Å². The maximum atomic E-state index is 14.9. The molecule has 0 spiro atoms. The molecule has 3 amide bonds. The number of amides is 3. The van der Waals surface area contributed by atoms with Gasteiger partial charge in [-0.3, -0.25) is 20.0 Å². The number of urea groups is 1. The van der Waals surface area contributed by atoms with Gasteiger partial charge in [-0.05, 0) is 0 Å². The lowest BCUT2D eigenvalue weighted by Crippen LogP contribution is -2.40. The fourth-order valence-corrected chi connectivity index (χ4v) is 3.40. The number of nitrogens with two attached hydrogens (primary N) is 1. The van der Waals surface area contributed by atoms with E-state index in [0.29, 0.717) is 0 Å². The van der Waals surface area contributed by atoms with Crippen LogP contribution in [0.25, 0.3) is 0 Å². The van der Waals surface area contributed by atoms with Gasteiger partial charge in [-0.1, -0.05) is 0 Å². The number of nitrogens with one attached hydrogen (secondary N) is 1. The summed E-state index contributed by atoms with van der Waals surface area (Å²) >= 11 is 0. The molecule has 0 aromatic heterocycles. The molecule has 4 N–H and O–H groups in total. The van der Waals surface area contributed by atoms with Crippen LogP contribution in [0.5, 0.6) is 0 Å². The molecular formula is C18H23F2N7O5. The molecule has 14 heteroatoms. The summed E-state index contributed by atoms with van der Waals surface area (Å²) in [4.78, 5) is 31.4. The molecule has 2 saturated heterocycles. The van der Waals surface area contributed by atoms with Crippen LogP contribution >= 0.6 is 0 Å². The quantitative estimate of drug-likeness (QED) is 0.325. The summed E-state index contributed by atoms with van der Waals surface area (Å²) in [5.41, 5.74) is 6.43. The highest BCUT2D eigenvalue weighted by atomic mass is 19.1. The van der Waals surface area contributed by atoms with Crippen LogP contribution in [0.1, 0.15) is 0 Å². The highest BCUT2D eigenvalue weighted by molar-refractivity contribution is 5.90. The second kappa shape index (κ2) is 10.1. The van der Waals surface area contributed by atoms with E-state index in [2.05, 4.69) is 11.8 Å². The van der Waals surface area contributed by atoms with Crippen molar-refractivity contribution >= 4 is 30.2 Å². The molecule has 32 heavy (non-hydrogen) atoms. The number of benzene rings is 1. The monoisotopic (exact) mass is 455 g/mol. The second-order valence-corrected chi connectivity index (χ2v) is 6.82. The fourth-order valence-electron chi connectivity index (χ4n) is 3.40. The molecule has 1 aromatic rings. The third-order valence-corrected chi connectivity index (χ3v) is 4.84. The number of hydrazone groups is 1. The van der Waals surface area contributed by atoms with Crippen molar-refractivity contribution in [1.29, 1.82) is 0 Å². The summed E-state index contributed by atoms with van der Waals surface area (Å²) in [5.74, 6) is -1.78. The summed E-state index contributed by atoms with van der Waals surface area (Å²) in [6, 6.07) is 1.18. The number of cyclic esters (lactones) is 1. The maximum absolute atomic E-state index is 14.9. The Hall–Kier alpha value is -3.65. The van der Waals surface area contributed by atoms with Crippen LogP contribution in [-0.2, 0) is 9.57 Å². The number of ether oxygens (including phenoxy) is 1. The number of nitrogens with zero attached hydrogens (tertiary/aromatic N) is 5. The van der Waals surface area contributed by atoms with Crippen molar-refractivity contribution < 1.29 is 33.2 Å². The molecule has 12 nitrogen and oxygen atoms in total. The van der Waals surface area contributed by atoms with E-state index in [1.165, 1.54) is 27.8 Å². The normalized spacial score (nSPS) is 19.2. The standard InChI is InChI=1S/C18H23F2N7O5/c1-22-25(3-2-21)10-13-11-26(18(29)32-13)12-8-14(19)16(15(20)9-12)24-4-5-27(17(28)23-30)31-7-6-24/h2-3,8-9,13,30H,1,4-7,10-11,21H2,(H,23,28)/b3-2-/t13-/m0/s1. The maximum Gasteiger partial charge on any atom is 0.414 e. The number of hydrogen-bond acceptors (Lipinski definition) is 9. The Morgan fingerprint density at radius 3 is 2.72 bits per heavy atom. The van der Waals surface area contributed by atoms with Gasteiger partial charge < -0.3 is 15.4 Å². The van der Waals surface area contributed by atoms with Crippen LogP contribution in [0.3, 0.4) is 0 Å². The van der Waals surface area contributed by atoms with Gasteiger partial charge in [0, 0.05) is 44.3 Å². The van der Waals surface area contributed by atoms with E-state index in [1.807, 2.05) is 0 Å². The van der Waals surface area contributed by atoms with Crippen molar-refractivity contribution in [2.24, 2.45) is 10.8 Å². The van der Waals surface area contributed by atoms with Gasteiger partial charge in [0.2, 0.25) is 0 Å². The summed E-state index contributed by atoms with van der Waals surface area (Å²) in [5, 5.41) is 14.6. The van der Waals surface area contributed by atoms with Crippen LogP contribution in [0.15, 0.2) is 29.6 Å². The van der Waals surface area contributed by atoms with Gasteiger partial charge >= 0.3 is 12.1 Å². The van der Waals surface area contributed by atoms with Gasteiger partial charge in [0.05, 0.1) is 31.9 Å². The summed E-state index contributed by atoms with van der Waals surface area (Å²) < 4.78 is 35.1. The molecule has 0 bridgehead atoms. The van der Waals surface area contributed by atoms with Crippen molar-refractivity contribution in [2.45, 2.75) is 6.10 Å². The van der Waals surface area contributed by atoms with Crippen molar-refractivity contribution in [3.05, 3.63) is 36.2 Å². The number of hydrogen-bond donors (Lipinski definition) is 3. The van der Waals surface area contributed by atoms with Crippen LogP contribution < -0.4 is 21.0 Å². The number of rotatable bonds is 6. The molecule has 2 fully saturated rings. The Bertz CT molecular complexity index is 879. The molecule has 0 aliphatic carbocycles. The summed E-state index contributed by atoms with van der Waals surface area (Å²) in [6.45, 7) is 3.65. The van der Waals surface area contributed by atoms with Crippen molar-refractivity contribution in [3.8, 4) is 0 Å². The van der Waals surface area contributed by atoms with Crippen molar-refractivity contribution in [2.75, 3.05) is 49.1 Å². The number of carbonyl (C=O) groups excluding carboxylic acids is 2. The van der Waals surface area contributed by atoms with Gasteiger partial charge in [-0.2, -0.15) is 10.2 Å². The minimum absolute atomic E-state index is 0.00362. The van der Waals surface area contributed by atoms with Gasteiger partial charge in [-0.25, -0.2) is 23.9 Å². The van der Waals surface area contributed by atoms with Crippen LogP contribution in [0.2, 0.25) is 0 Å². The first-order chi connectivity index (χ1) is 15.4. The Morgan fingerprint density at radius 1 is 1.38 bits per heavy atom. The molecule has 2 heterocycles. The Morgan fingerprint density at radius 2 is 2.09 bits per heavy atom. The van der Waals surface area contributed by atoms with Crippen LogP contribution in [0.4, 0.5) is 29.7 Å². The van der Waals surface area contributed by atoms with E-state index in [1.54, 1.807) is 0 Å². The summed E-state index contributed by atoms with van der Waals surface area (Å²) in [6.07, 6.45) is 1.31. The topological polar surface area (TPSA) is 136 Å². The van der Waals surface area contributed by atoms with Gasteiger partial charge in [0.15, 0.2) is 11.6 Å². The van der Waals surface area contributed by atoms with E-state index < -0.39 is 29.9 Å². The van der Waals surface area contributed by atoms with Gasteiger partial charge in [-0.15, -0.1) is 0 Å². The molecule has 0 unspecified atom stereocenters. The van der Waals surface area contributed by atoms with Gasteiger partial charge in [0.25, 0.3) is 0 Å². The average molecular weight is 455 g/mol. The zero-order valence-electron chi connectivity index (χ0n) is 17.0. The number of hydroxylamine groups is 3. The average Bonchev–Trinajstić information content (AvgIpc) is 2.96. The van der Waals surface area contributed by atoms with Crippen molar-refractivity contribution in [1.82, 2.24) is 15.6 Å². The highest BCUT2D eigenvalue weighted by Crippen LogP contribution is 2.31. The van der Waals surface area contributed by atoms with Crippen molar-refractivity contribution in [3.63, 3.8) is 0 Å². The third kappa shape index (κ3) is 4.97. The first-order valence-electron chi connectivity index (χ1n) is 9.56. The van der Waals surface area contributed by atoms with E-state index in [9.17, 15) is 18.4 Å². The smallest absolute Gasteiger partial charge is 0.414 e. The second-order valence-electron chi connectivity index (χ2n) is 6.82. The van der Waals surface area contributed by atoms with Gasteiger partial charge in [0.1, 0.15) is 11.8 Å². The Kier molecular flexibility index (Phi) is 7.27. The highest BCUT2D eigenvalue weighted by Gasteiger charge is 2.34. The Balaban J connectivity index is 1.74. The van der Waals surface area contributed by atoms with E-state index >= 15 is 0 Å². The third-order valence-electron chi connectivity index (χ3n) is 4.84. The molecule has 1 atom stereocenters. The van der Waals surface area contributed by atoms with E-state index in [4.69, 9.17) is 20.5 Å². The molecule has 3 rings (SSSR count). The minimum atomic E-state index is -0.892. The SMILES string of the molecule is C=NN(/C=C\N)C[C@H]1CN(c2cc(F)c(N3CCON(C(=O)NO)CC3)c(F)c2)C(=O)O1. The lowest BCUT2D eigenvalue weighted by atomic mass is 10.2. The largest absolute Gasteiger partial charge is 0.442 e. The molecular weight excluding hydrogens is 432 g/mol. The zero-order chi connectivity index (χ0) is 23.3. The first kappa shape index (κ1) is 23.0. The fraction of sp³-hybridized carbons (Fsp3) is 0.389. The van der Waals surface area contributed by atoms with Crippen LogP contribution in [0, 0.1) is 11.6 Å². The molecule has 2 aliphatic heterocycles. The van der Waals surface area contributed by atoms with E-state index in [0.717, 1.165) is 22.1 Å². The predicted octanol–water partition coefficient (Wildman–Crippen LogP) is 0.790. The lowest BCUT2D eigenvalue weighted by Gasteiger charge is -2.24. The zero-order valence-corrected chi connectivity index (χ0v) is 17.0. The lowest BCUT2D eigenvalue weighted by molar-refractivity contribution is -0.112. The molecule has 0 radical (unpaired) electrons. The minimum Gasteiger partial charge on any atom is -0.442 e. The molecule has 0 saturated carbocycles. The van der Waals surface area contributed by atoms with E-state index in [-0.39, 0.29) is 50.7 Å². The number of halogens is 2. The number of anilines is 2. The summed E-state index contributed by atoms with van der Waals surface area (Å²) in [7, 11) is 0. The first-order valence-corrected chi connectivity index (χ1v) is 9.56. The predicted molar refractivity (Wildman–Crippen MR) is 109 cm³/mol. The van der Waals surface area contributed by atoms with Crippen LogP contribution in [-0.4, -0.2) is 79.6 Å². The molecule has 174 valence electrons. The molecule has 2 aliphatic rings. The number of carbonyl (C=O) groups is 2.